The van der Waals surface area contributed by atoms with Gasteiger partial charge in [0.1, 0.15) is 0 Å². The Kier molecular flexibility index (Phi) is 7.97. The average molecular weight is 729 g/mol. The van der Waals surface area contributed by atoms with Gasteiger partial charge in [0.15, 0.2) is 0 Å². The Balaban J connectivity index is 0.985. The van der Waals surface area contributed by atoms with Crippen LogP contribution in [0.15, 0.2) is 216 Å². The van der Waals surface area contributed by atoms with Crippen LogP contribution in [0.3, 0.4) is 0 Å². The Bertz CT molecular complexity index is 2500. The van der Waals surface area contributed by atoms with Crippen LogP contribution in [-0.4, -0.2) is 8.42 Å². The first kappa shape index (κ1) is 32.9. The molecule has 0 unspecified atom stereocenters. The maximum absolute atomic E-state index is 14.2. The van der Waals surface area contributed by atoms with E-state index in [4.69, 9.17) is 0 Å². The average Bonchev–Trinajstić information content (AvgIpc) is 3.25. The number of fused-ring (bicyclic) bond motifs is 4. The quantitative estimate of drug-likeness (QED) is 0.171. The molecule has 2 heterocycles. The highest BCUT2D eigenvalue weighted by atomic mass is 32.2. The van der Waals surface area contributed by atoms with Crippen molar-refractivity contribution in [3.05, 3.63) is 240 Å². The number of benzene rings is 8. The summed E-state index contributed by atoms with van der Waals surface area (Å²) in [6.45, 7) is 0. The number of rotatable bonds is 6. The van der Waals surface area contributed by atoms with Gasteiger partial charge in [0.25, 0.3) is 0 Å². The second kappa shape index (κ2) is 13.3. The summed E-state index contributed by atoms with van der Waals surface area (Å²) >= 11 is 0. The number of para-hydroxylation sites is 4. The summed E-state index contributed by atoms with van der Waals surface area (Å²) in [6.07, 6.45) is 0. The molecule has 8 aromatic carbocycles. The van der Waals surface area contributed by atoms with Crippen LogP contribution < -0.4 is 9.80 Å². The van der Waals surface area contributed by atoms with Crippen molar-refractivity contribution >= 4 is 44.0 Å². The molecule has 8 aromatic rings. The molecule has 55 heavy (non-hydrogen) atoms. The fourth-order valence-electron chi connectivity index (χ4n) is 8.59. The molecule has 0 spiro atoms. The van der Waals surface area contributed by atoms with E-state index in [2.05, 4.69) is 168 Å². The Morgan fingerprint density at radius 3 is 0.891 bits per heavy atom. The fourth-order valence-corrected chi connectivity index (χ4v) is 9.85. The summed E-state index contributed by atoms with van der Waals surface area (Å²) in [6, 6.07) is 69.8. The molecular weight excluding hydrogens is 693 g/mol. The second-order valence-corrected chi connectivity index (χ2v) is 16.0. The Hall–Kier alpha value is -6.69. The number of hydrogen-bond donors (Lipinski definition) is 0. The third kappa shape index (κ3) is 5.47. The predicted molar refractivity (Wildman–Crippen MR) is 222 cm³/mol. The lowest BCUT2D eigenvalue weighted by molar-refractivity contribution is 0.596. The van der Waals surface area contributed by atoms with E-state index in [1.165, 1.54) is 33.4 Å². The highest BCUT2D eigenvalue weighted by molar-refractivity contribution is 7.91. The molecule has 0 atom stereocenters. The van der Waals surface area contributed by atoms with Crippen molar-refractivity contribution in [3.63, 3.8) is 0 Å². The minimum Gasteiger partial charge on any atom is -0.310 e. The van der Waals surface area contributed by atoms with Gasteiger partial charge in [0.2, 0.25) is 9.84 Å². The van der Waals surface area contributed by atoms with Crippen molar-refractivity contribution in [2.75, 3.05) is 9.80 Å². The lowest BCUT2D eigenvalue weighted by Gasteiger charge is -2.38. The monoisotopic (exact) mass is 728 g/mol. The van der Waals surface area contributed by atoms with Crippen LogP contribution in [0.1, 0.15) is 45.2 Å². The molecule has 4 nitrogen and oxygen atoms in total. The summed E-state index contributed by atoms with van der Waals surface area (Å²) in [7, 11) is -3.80. The Labute approximate surface area is 322 Å². The second-order valence-electron chi connectivity index (χ2n) is 14.1. The van der Waals surface area contributed by atoms with Gasteiger partial charge in [-0.15, -0.1) is 0 Å². The maximum Gasteiger partial charge on any atom is 0.206 e. The molecule has 0 fully saturated rings. The van der Waals surface area contributed by atoms with E-state index in [0.717, 1.165) is 34.1 Å². The van der Waals surface area contributed by atoms with Gasteiger partial charge in [-0.25, -0.2) is 8.42 Å². The third-order valence-electron chi connectivity index (χ3n) is 11.0. The number of anilines is 6. The predicted octanol–water partition coefficient (Wildman–Crippen LogP) is 12.4. The van der Waals surface area contributed by atoms with Crippen LogP contribution in [-0.2, 0) is 9.84 Å². The molecule has 0 N–H and O–H groups in total. The van der Waals surface area contributed by atoms with E-state index < -0.39 is 9.84 Å². The zero-order valence-corrected chi connectivity index (χ0v) is 30.7. The van der Waals surface area contributed by atoms with Gasteiger partial charge in [0, 0.05) is 23.2 Å². The summed E-state index contributed by atoms with van der Waals surface area (Å²) in [5, 5.41) is 0. The largest absolute Gasteiger partial charge is 0.310 e. The first-order valence-corrected chi connectivity index (χ1v) is 20.1. The molecule has 264 valence electrons. The Morgan fingerprint density at radius 2 is 0.582 bits per heavy atom. The summed E-state index contributed by atoms with van der Waals surface area (Å²) in [4.78, 5) is 4.99. The lowest BCUT2D eigenvalue weighted by Crippen LogP contribution is -2.22. The summed E-state index contributed by atoms with van der Waals surface area (Å²) < 4.78 is 28.4. The van der Waals surface area contributed by atoms with Crippen LogP contribution >= 0.6 is 0 Å². The van der Waals surface area contributed by atoms with Crippen LogP contribution in [0, 0.1) is 0 Å². The van der Waals surface area contributed by atoms with Crippen molar-refractivity contribution < 1.29 is 8.42 Å². The minimum absolute atomic E-state index is 0.0876. The maximum atomic E-state index is 14.2. The van der Waals surface area contributed by atoms with Gasteiger partial charge in [0.05, 0.1) is 32.5 Å². The highest BCUT2D eigenvalue weighted by Crippen LogP contribution is 2.53. The molecular formula is C50H36N2O2S. The van der Waals surface area contributed by atoms with E-state index >= 15 is 0 Å². The van der Waals surface area contributed by atoms with Crippen LogP contribution in [0.25, 0.3) is 0 Å². The van der Waals surface area contributed by atoms with Crippen LogP contribution in [0.2, 0.25) is 0 Å². The zero-order chi connectivity index (χ0) is 36.9. The Morgan fingerprint density at radius 1 is 0.309 bits per heavy atom. The first-order valence-electron chi connectivity index (χ1n) is 18.6. The van der Waals surface area contributed by atoms with Gasteiger partial charge < -0.3 is 9.80 Å². The molecule has 2 aliphatic heterocycles. The molecule has 10 rings (SSSR count). The van der Waals surface area contributed by atoms with Crippen molar-refractivity contribution in [1.29, 1.82) is 0 Å². The molecule has 5 heteroatoms. The van der Waals surface area contributed by atoms with E-state index in [-0.39, 0.29) is 21.6 Å². The van der Waals surface area contributed by atoms with Crippen LogP contribution in [0.4, 0.5) is 34.1 Å². The number of nitrogens with zero attached hydrogens (tertiary/aromatic N) is 2. The van der Waals surface area contributed by atoms with E-state index in [1.807, 2.05) is 24.3 Å². The van der Waals surface area contributed by atoms with E-state index in [9.17, 15) is 8.42 Å². The SMILES string of the molecule is O=S(=O)(c1ccc(N2c3ccccc3C(c3ccccc3)c3ccccc32)cc1)c1ccc(N2c3ccccc3C(c3ccccc3)c3ccccc32)cc1. The molecule has 0 radical (unpaired) electrons. The zero-order valence-electron chi connectivity index (χ0n) is 29.9. The molecule has 0 bridgehead atoms. The van der Waals surface area contributed by atoms with Gasteiger partial charge in [-0.2, -0.15) is 0 Å². The van der Waals surface area contributed by atoms with Crippen LogP contribution in [0.5, 0.6) is 0 Å². The van der Waals surface area contributed by atoms with Gasteiger partial charge in [-0.05, 0) is 106 Å². The molecule has 2 aliphatic rings. The van der Waals surface area contributed by atoms with Crippen molar-refractivity contribution in [1.82, 2.24) is 0 Å². The number of hydrogen-bond acceptors (Lipinski definition) is 4. The molecule has 0 aromatic heterocycles. The van der Waals surface area contributed by atoms with Crippen molar-refractivity contribution in [3.8, 4) is 0 Å². The molecule has 0 saturated heterocycles. The third-order valence-corrected chi connectivity index (χ3v) is 12.8. The number of sulfone groups is 1. The minimum atomic E-state index is -3.80. The van der Waals surface area contributed by atoms with Gasteiger partial charge in [-0.3, -0.25) is 0 Å². The standard InChI is InChI=1S/C50H36N2O2S/c53-55(54,39-31-27-37(28-32-39)51-45-23-11-7-19-41(45)49(35-15-3-1-4-16-35)42-20-8-12-24-46(42)51)40-33-29-38(30-34-40)52-47-25-13-9-21-43(47)50(36-17-5-2-6-18-36)44-22-10-14-26-48(44)52/h1-34,49-50H. The van der Waals surface area contributed by atoms with E-state index in [0.29, 0.717) is 0 Å². The highest BCUT2D eigenvalue weighted by Gasteiger charge is 2.34. The molecule has 0 saturated carbocycles. The topological polar surface area (TPSA) is 40.6 Å². The fraction of sp³-hybridized carbons (Fsp3) is 0.0400. The van der Waals surface area contributed by atoms with Crippen molar-refractivity contribution in [2.24, 2.45) is 0 Å². The normalized spacial score (nSPS) is 13.7. The van der Waals surface area contributed by atoms with E-state index in [1.54, 1.807) is 24.3 Å². The lowest BCUT2D eigenvalue weighted by atomic mass is 9.80. The molecule has 0 amide bonds. The summed E-state index contributed by atoms with van der Waals surface area (Å²) in [5.41, 5.74) is 13.4. The smallest absolute Gasteiger partial charge is 0.206 e. The molecule has 0 aliphatic carbocycles. The summed E-state index contributed by atoms with van der Waals surface area (Å²) in [5.74, 6) is 0.175. The van der Waals surface area contributed by atoms with Gasteiger partial charge in [-0.1, -0.05) is 133 Å². The van der Waals surface area contributed by atoms with Gasteiger partial charge >= 0.3 is 0 Å². The first-order chi connectivity index (χ1) is 27.1. The van der Waals surface area contributed by atoms with Crippen molar-refractivity contribution in [2.45, 2.75) is 21.6 Å².